The number of fused-ring (bicyclic) bond motifs is 1. The van der Waals surface area contributed by atoms with Crippen LogP contribution >= 0.6 is 0 Å². The van der Waals surface area contributed by atoms with Gasteiger partial charge in [-0.25, -0.2) is 13.1 Å². The van der Waals surface area contributed by atoms with Crippen molar-refractivity contribution in [2.24, 2.45) is 0 Å². The molecule has 0 aliphatic carbocycles. The van der Waals surface area contributed by atoms with Gasteiger partial charge in [0, 0.05) is 18.1 Å². The van der Waals surface area contributed by atoms with Gasteiger partial charge in [-0.15, -0.1) is 0 Å². The lowest BCUT2D eigenvalue weighted by Crippen LogP contribution is -2.25. The number of para-hydroxylation sites is 1. The molecule has 0 amide bonds. The quantitative estimate of drug-likeness (QED) is 0.899. The predicted molar refractivity (Wildman–Crippen MR) is 72.7 cm³/mol. The summed E-state index contributed by atoms with van der Waals surface area (Å²) in [6, 6.07) is 9.55. The minimum Gasteiger partial charge on any atom is -0.256 e. The maximum atomic E-state index is 11.6. The van der Waals surface area contributed by atoms with Crippen molar-refractivity contribution in [1.82, 2.24) is 9.71 Å². The van der Waals surface area contributed by atoms with E-state index < -0.39 is 10.0 Å². The highest BCUT2D eigenvalue weighted by atomic mass is 32.2. The summed E-state index contributed by atoms with van der Waals surface area (Å²) in [7, 11) is -3.17. The van der Waals surface area contributed by atoms with E-state index in [2.05, 4.69) is 9.71 Å². The second kappa shape index (κ2) is 5.46. The molecule has 0 fully saturated rings. The Balaban J connectivity index is 2.22. The molecule has 1 N–H and O–H groups in total. The zero-order valence-electron chi connectivity index (χ0n) is 10.3. The Labute approximate surface area is 107 Å². The number of rotatable bonds is 5. The average molecular weight is 264 g/mol. The maximum Gasteiger partial charge on any atom is 0.211 e. The van der Waals surface area contributed by atoms with Crippen LogP contribution in [0, 0.1) is 0 Å². The van der Waals surface area contributed by atoms with Crippen LogP contribution in [-0.2, 0) is 16.6 Å². The van der Waals surface area contributed by atoms with Gasteiger partial charge in [0.05, 0.1) is 11.3 Å². The summed E-state index contributed by atoms with van der Waals surface area (Å²) < 4.78 is 25.8. The lowest BCUT2D eigenvalue weighted by molar-refractivity contribution is 0.580. The normalized spacial score (nSPS) is 11.8. The summed E-state index contributed by atoms with van der Waals surface area (Å²) in [5.74, 6) is 0.163. The number of benzene rings is 1. The van der Waals surface area contributed by atoms with Crippen molar-refractivity contribution >= 4 is 20.9 Å². The lowest BCUT2D eigenvalue weighted by atomic mass is 10.1. The smallest absolute Gasteiger partial charge is 0.211 e. The molecule has 2 aromatic rings. The van der Waals surface area contributed by atoms with Gasteiger partial charge < -0.3 is 0 Å². The van der Waals surface area contributed by atoms with Crippen LogP contribution in [-0.4, -0.2) is 19.2 Å². The van der Waals surface area contributed by atoms with Crippen LogP contribution in [0.1, 0.15) is 18.9 Å². The van der Waals surface area contributed by atoms with E-state index >= 15 is 0 Å². The van der Waals surface area contributed by atoms with Crippen molar-refractivity contribution in [3.05, 3.63) is 42.1 Å². The molecule has 0 saturated heterocycles. The molecule has 1 aromatic carbocycles. The molecule has 0 aliphatic heterocycles. The van der Waals surface area contributed by atoms with Crippen molar-refractivity contribution in [1.29, 1.82) is 0 Å². The van der Waals surface area contributed by atoms with Crippen molar-refractivity contribution in [2.75, 3.05) is 5.75 Å². The van der Waals surface area contributed by atoms with E-state index in [1.54, 1.807) is 6.20 Å². The van der Waals surface area contributed by atoms with Gasteiger partial charge in [-0.05, 0) is 24.1 Å². The number of pyridine rings is 1. The number of nitrogens with zero attached hydrogens (tertiary/aromatic N) is 1. The fraction of sp³-hybridized carbons (Fsp3) is 0.308. The highest BCUT2D eigenvalue weighted by Gasteiger charge is 2.09. The molecule has 0 saturated carbocycles. The molecule has 1 aromatic heterocycles. The van der Waals surface area contributed by atoms with Crippen LogP contribution in [0.3, 0.4) is 0 Å². The Morgan fingerprint density at radius 3 is 2.78 bits per heavy atom. The standard InChI is InChI=1S/C13H16N2O2S/c1-2-9-18(16,17)15-10-11-7-8-14-13-6-4-3-5-12(11)13/h3-8,15H,2,9-10H2,1H3. The van der Waals surface area contributed by atoms with Gasteiger partial charge in [-0.3, -0.25) is 4.98 Å². The molecule has 0 spiro atoms. The molecule has 2 rings (SSSR count). The largest absolute Gasteiger partial charge is 0.256 e. The molecule has 0 unspecified atom stereocenters. The van der Waals surface area contributed by atoms with E-state index in [-0.39, 0.29) is 5.75 Å². The SMILES string of the molecule is CCCS(=O)(=O)NCc1ccnc2ccccc12. The van der Waals surface area contributed by atoms with Crippen LogP contribution in [0.4, 0.5) is 0 Å². The van der Waals surface area contributed by atoms with E-state index in [0.717, 1.165) is 16.5 Å². The summed E-state index contributed by atoms with van der Waals surface area (Å²) in [6.45, 7) is 2.16. The molecule has 1 heterocycles. The molecular formula is C13H16N2O2S. The minimum atomic E-state index is -3.17. The minimum absolute atomic E-state index is 0.163. The van der Waals surface area contributed by atoms with Crippen molar-refractivity contribution in [3.8, 4) is 0 Å². The van der Waals surface area contributed by atoms with Crippen LogP contribution < -0.4 is 4.72 Å². The highest BCUT2D eigenvalue weighted by molar-refractivity contribution is 7.89. The second-order valence-electron chi connectivity index (χ2n) is 4.13. The zero-order valence-corrected chi connectivity index (χ0v) is 11.1. The van der Waals surface area contributed by atoms with E-state index in [1.165, 1.54) is 0 Å². The summed E-state index contributed by atoms with van der Waals surface area (Å²) in [5.41, 5.74) is 1.82. The summed E-state index contributed by atoms with van der Waals surface area (Å²) in [5, 5.41) is 0.985. The Hall–Kier alpha value is -1.46. The fourth-order valence-electron chi connectivity index (χ4n) is 1.84. The summed E-state index contributed by atoms with van der Waals surface area (Å²) >= 11 is 0. The number of hydrogen-bond acceptors (Lipinski definition) is 3. The molecule has 0 bridgehead atoms. The first-order valence-corrected chi connectivity index (χ1v) is 7.57. The average Bonchev–Trinajstić information content (AvgIpc) is 2.36. The molecule has 0 radical (unpaired) electrons. The Morgan fingerprint density at radius 1 is 1.22 bits per heavy atom. The first-order chi connectivity index (χ1) is 8.62. The van der Waals surface area contributed by atoms with Crippen molar-refractivity contribution < 1.29 is 8.42 Å². The lowest BCUT2D eigenvalue weighted by Gasteiger charge is -2.08. The Bertz CT molecular complexity index is 633. The summed E-state index contributed by atoms with van der Waals surface area (Å²) in [6.07, 6.45) is 2.32. The predicted octanol–water partition coefficient (Wildman–Crippen LogP) is 2.06. The molecule has 96 valence electrons. The molecule has 5 heteroatoms. The summed E-state index contributed by atoms with van der Waals surface area (Å²) in [4.78, 5) is 4.25. The first-order valence-electron chi connectivity index (χ1n) is 5.92. The van der Waals surface area contributed by atoms with Gasteiger partial charge in [0.25, 0.3) is 0 Å². The van der Waals surface area contributed by atoms with E-state index in [0.29, 0.717) is 13.0 Å². The van der Waals surface area contributed by atoms with Crippen molar-refractivity contribution in [3.63, 3.8) is 0 Å². The van der Waals surface area contributed by atoms with Gasteiger partial charge in [-0.1, -0.05) is 25.1 Å². The van der Waals surface area contributed by atoms with E-state index in [9.17, 15) is 8.42 Å². The van der Waals surface area contributed by atoms with Gasteiger partial charge in [0.1, 0.15) is 0 Å². The number of sulfonamides is 1. The molecule has 18 heavy (non-hydrogen) atoms. The monoisotopic (exact) mass is 264 g/mol. The molecular weight excluding hydrogens is 248 g/mol. The third kappa shape index (κ3) is 3.05. The number of nitrogens with one attached hydrogen (secondary N) is 1. The van der Waals surface area contributed by atoms with E-state index in [1.807, 2.05) is 37.3 Å². The topological polar surface area (TPSA) is 59.1 Å². The fourth-order valence-corrected chi connectivity index (χ4v) is 2.90. The van der Waals surface area contributed by atoms with Crippen molar-refractivity contribution in [2.45, 2.75) is 19.9 Å². The third-order valence-corrected chi connectivity index (χ3v) is 4.22. The van der Waals surface area contributed by atoms with Gasteiger partial charge >= 0.3 is 0 Å². The van der Waals surface area contributed by atoms with Crippen LogP contribution in [0.15, 0.2) is 36.5 Å². The van der Waals surface area contributed by atoms with Crippen LogP contribution in [0.2, 0.25) is 0 Å². The molecule has 0 aliphatic rings. The zero-order chi connectivity index (χ0) is 13.0. The Kier molecular flexibility index (Phi) is 3.93. The number of aromatic nitrogens is 1. The van der Waals surface area contributed by atoms with Crippen LogP contribution in [0.5, 0.6) is 0 Å². The van der Waals surface area contributed by atoms with Gasteiger partial charge in [0.2, 0.25) is 10.0 Å². The third-order valence-electron chi connectivity index (χ3n) is 2.69. The highest BCUT2D eigenvalue weighted by Crippen LogP contribution is 2.16. The number of hydrogen-bond donors (Lipinski definition) is 1. The van der Waals surface area contributed by atoms with E-state index in [4.69, 9.17) is 0 Å². The second-order valence-corrected chi connectivity index (χ2v) is 6.05. The maximum absolute atomic E-state index is 11.6. The molecule has 0 atom stereocenters. The van der Waals surface area contributed by atoms with Crippen LogP contribution in [0.25, 0.3) is 10.9 Å². The van der Waals surface area contributed by atoms with Gasteiger partial charge in [-0.2, -0.15) is 0 Å². The molecule has 4 nitrogen and oxygen atoms in total. The Morgan fingerprint density at radius 2 is 2.00 bits per heavy atom. The first kappa shape index (κ1) is 13.0. The van der Waals surface area contributed by atoms with Gasteiger partial charge in [0.15, 0.2) is 0 Å².